The Hall–Kier alpha value is -3.01. The molecule has 0 aromatic heterocycles. The lowest BCUT2D eigenvalue weighted by Gasteiger charge is -2.31. The van der Waals surface area contributed by atoms with E-state index in [0.717, 1.165) is 0 Å². The van der Waals surface area contributed by atoms with Gasteiger partial charge in [-0.1, -0.05) is 0 Å². The van der Waals surface area contributed by atoms with Crippen LogP contribution in [0.25, 0.3) is 0 Å². The Kier molecular flexibility index (Phi) is 13.0. The number of likely N-dealkylation sites (tertiary alicyclic amines) is 1. The predicted molar refractivity (Wildman–Crippen MR) is 152 cm³/mol. The molecule has 0 bridgehead atoms. The van der Waals surface area contributed by atoms with Crippen molar-refractivity contribution in [1.29, 1.82) is 0 Å². The van der Waals surface area contributed by atoms with Crippen LogP contribution < -0.4 is 9.47 Å². The standard InChI is InChI=1S/C30H48N2O8/c1-9-38-27(33)14-12-23-18-31(29(35)40-30(4,5)6)19-24(23)20-32(21(2)3)28(34)22-11-13-25(37-8)26(17-22)39-16-10-15-36-7/h11,13,17,21,23-24H,9-10,12,14-16,18-20H2,1-8H3/t23-,24+/m1/s1. The lowest BCUT2D eigenvalue weighted by Crippen LogP contribution is -2.42. The first-order valence-electron chi connectivity index (χ1n) is 14.1. The average molecular weight is 565 g/mol. The van der Waals surface area contributed by atoms with Gasteiger partial charge in [-0.2, -0.15) is 0 Å². The average Bonchev–Trinajstić information content (AvgIpc) is 3.30. The second-order valence-electron chi connectivity index (χ2n) is 11.4. The highest BCUT2D eigenvalue weighted by atomic mass is 16.6. The summed E-state index contributed by atoms with van der Waals surface area (Å²) in [5.41, 5.74) is -0.130. The van der Waals surface area contributed by atoms with E-state index in [1.807, 2.05) is 39.5 Å². The molecule has 1 aliphatic heterocycles. The molecule has 2 amide bonds. The summed E-state index contributed by atoms with van der Waals surface area (Å²) in [6, 6.07) is 5.09. The van der Waals surface area contributed by atoms with Crippen LogP contribution >= 0.6 is 0 Å². The van der Waals surface area contributed by atoms with Gasteiger partial charge in [0, 0.05) is 57.8 Å². The lowest BCUT2D eigenvalue weighted by molar-refractivity contribution is -0.143. The number of carbonyl (C=O) groups excluding carboxylic acids is 3. The molecule has 0 aliphatic carbocycles. The molecule has 0 N–H and O–H groups in total. The van der Waals surface area contributed by atoms with Crippen molar-refractivity contribution in [2.75, 3.05) is 53.7 Å². The zero-order valence-electron chi connectivity index (χ0n) is 25.5. The van der Waals surface area contributed by atoms with Gasteiger partial charge in [0.25, 0.3) is 5.91 Å². The van der Waals surface area contributed by atoms with E-state index in [0.29, 0.717) is 69.4 Å². The molecule has 0 unspecified atom stereocenters. The maximum absolute atomic E-state index is 13.8. The molecule has 10 heteroatoms. The van der Waals surface area contributed by atoms with Crippen molar-refractivity contribution in [3.05, 3.63) is 23.8 Å². The number of amides is 2. The van der Waals surface area contributed by atoms with Crippen LogP contribution in [-0.4, -0.2) is 93.1 Å². The summed E-state index contributed by atoms with van der Waals surface area (Å²) in [6.07, 6.45) is 1.14. The van der Waals surface area contributed by atoms with Crippen LogP contribution in [0.15, 0.2) is 18.2 Å². The molecule has 1 saturated heterocycles. The van der Waals surface area contributed by atoms with Gasteiger partial charge in [-0.3, -0.25) is 9.59 Å². The van der Waals surface area contributed by atoms with Crippen LogP contribution in [0.5, 0.6) is 11.5 Å². The van der Waals surface area contributed by atoms with E-state index in [-0.39, 0.29) is 42.3 Å². The summed E-state index contributed by atoms with van der Waals surface area (Å²) < 4.78 is 27.1. The molecule has 0 radical (unpaired) electrons. The van der Waals surface area contributed by atoms with Crippen LogP contribution in [0.1, 0.15) is 71.2 Å². The van der Waals surface area contributed by atoms with E-state index in [1.165, 1.54) is 0 Å². The maximum Gasteiger partial charge on any atom is 0.410 e. The third kappa shape index (κ3) is 10.2. The summed E-state index contributed by atoms with van der Waals surface area (Å²) in [5.74, 6) is 0.632. The number of carbonyl (C=O) groups is 3. The van der Waals surface area contributed by atoms with Crippen molar-refractivity contribution < 1.29 is 38.1 Å². The van der Waals surface area contributed by atoms with Gasteiger partial charge in [0.05, 0.1) is 20.3 Å². The largest absolute Gasteiger partial charge is 0.493 e. The van der Waals surface area contributed by atoms with Gasteiger partial charge in [-0.25, -0.2) is 4.79 Å². The SMILES string of the molecule is CCOC(=O)CC[C@@H]1CN(C(=O)OC(C)(C)C)C[C@H]1CN(C(=O)c1ccc(OC)c(OCCCOC)c1)C(C)C. The first kappa shape index (κ1) is 33.2. The first-order chi connectivity index (χ1) is 18.9. The quantitative estimate of drug-likeness (QED) is 0.235. The molecule has 0 saturated carbocycles. The van der Waals surface area contributed by atoms with Crippen LogP contribution in [-0.2, 0) is 19.0 Å². The van der Waals surface area contributed by atoms with E-state index < -0.39 is 5.60 Å². The second kappa shape index (κ2) is 15.7. The lowest BCUT2D eigenvalue weighted by atomic mass is 9.90. The predicted octanol–water partition coefficient (Wildman–Crippen LogP) is 4.79. The van der Waals surface area contributed by atoms with E-state index in [1.54, 1.807) is 44.2 Å². The van der Waals surface area contributed by atoms with Crippen molar-refractivity contribution in [3.8, 4) is 11.5 Å². The highest BCUT2D eigenvalue weighted by Crippen LogP contribution is 2.32. The number of benzene rings is 1. The smallest absolute Gasteiger partial charge is 0.410 e. The van der Waals surface area contributed by atoms with Crippen molar-refractivity contribution >= 4 is 18.0 Å². The molecular formula is C30H48N2O8. The number of nitrogens with zero attached hydrogens (tertiary/aromatic N) is 2. The van der Waals surface area contributed by atoms with Gasteiger partial charge >= 0.3 is 12.1 Å². The number of rotatable bonds is 14. The number of esters is 1. The Morgan fingerprint density at radius 2 is 1.75 bits per heavy atom. The minimum absolute atomic E-state index is 0.0153. The van der Waals surface area contributed by atoms with Crippen LogP contribution in [0, 0.1) is 11.8 Å². The Bertz CT molecular complexity index is 975. The first-order valence-corrected chi connectivity index (χ1v) is 14.1. The van der Waals surface area contributed by atoms with E-state index in [2.05, 4.69) is 0 Å². The van der Waals surface area contributed by atoms with Crippen LogP contribution in [0.2, 0.25) is 0 Å². The molecule has 1 aromatic carbocycles. The van der Waals surface area contributed by atoms with Crippen molar-refractivity contribution in [1.82, 2.24) is 9.80 Å². The monoisotopic (exact) mass is 564 g/mol. The van der Waals surface area contributed by atoms with Gasteiger partial charge in [-0.15, -0.1) is 0 Å². The molecule has 1 aromatic rings. The molecule has 2 atom stereocenters. The van der Waals surface area contributed by atoms with Gasteiger partial charge in [0.1, 0.15) is 5.60 Å². The fourth-order valence-electron chi connectivity index (χ4n) is 4.74. The topological polar surface area (TPSA) is 104 Å². The zero-order valence-corrected chi connectivity index (χ0v) is 25.5. The summed E-state index contributed by atoms with van der Waals surface area (Å²) in [6.45, 7) is 13.9. The molecule has 1 aliphatic rings. The Morgan fingerprint density at radius 3 is 2.35 bits per heavy atom. The highest BCUT2D eigenvalue weighted by Gasteiger charge is 2.39. The van der Waals surface area contributed by atoms with E-state index in [4.69, 9.17) is 23.7 Å². The molecule has 2 rings (SSSR count). The summed E-state index contributed by atoms with van der Waals surface area (Å²) in [5, 5.41) is 0. The van der Waals surface area contributed by atoms with E-state index >= 15 is 0 Å². The number of hydrogen-bond donors (Lipinski definition) is 0. The summed E-state index contributed by atoms with van der Waals surface area (Å²) in [4.78, 5) is 42.3. The van der Waals surface area contributed by atoms with Crippen molar-refractivity contribution in [2.24, 2.45) is 11.8 Å². The molecule has 10 nitrogen and oxygen atoms in total. The Morgan fingerprint density at radius 1 is 1.05 bits per heavy atom. The van der Waals surface area contributed by atoms with Crippen molar-refractivity contribution in [3.63, 3.8) is 0 Å². The zero-order chi connectivity index (χ0) is 29.9. The van der Waals surface area contributed by atoms with Crippen LogP contribution in [0.4, 0.5) is 4.79 Å². The normalized spacial score (nSPS) is 17.1. The Balaban J connectivity index is 2.24. The molecular weight excluding hydrogens is 516 g/mol. The van der Waals surface area contributed by atoms with Gasteiger partial charge in [0.15, 0.2) is 11.5 Å². The number of hydrogen-bond acceptors (Lipinski definition) is 8. The van der Waals surface area contributed by atoms with Crippen LogP contribution in [0.3, 0.4) is 0 Å². The Labute approximate surface area is 239 Å². The fraction of sp³-hybridized carbons (Fsp3) is 0.700. The summed E-state index contributed by atoms with van der Waals surface area (Å²) >= 11 is 0. The number of methoxy groups -OCH3 is 2. The molecule has 1 heterocycles. The third-order valence-electron chi connectivity index (χ3n) is 6.73. The second-order valence-corrected chi connectivity index (χ2v) is 11.4. The third-order valence-corrected chi connectivity index (χ3v) is 6.73. The maximum atomic E-state index is 13.8. The molecule has 1 fully saturated rings. The van der Waals surface area contributed by atoms with Gasteiger partial charge in [0.2, 0.25) is 0 Å². The summed E-state index contributed by atoms with van der Waals surface area (Å²) in [7, 11) is 3.20. The molecule has 40 heavy (non-hydrogen) atoms. The van der Waals surface area contributed by atoms with Gasteiger partial charge < -0.3 is 33.5 Å². The van der Waals surface area contributed by atoms with Gasteiger partial charge in [-0.05, 0) is 78.0 Å². The minimum atomic E-state index is -0.618. The molecule has 226 valence electrons. The number of ether oxygens (including phenoxy) is 5. The van der Waals surface area contributed by atoms with E-state index in [9.17, 15) is 14.4 Å². The minimum Gasteiger partial charge on any atom is -0.493 e. The highest BCUT2D eigenvalue weighted by molar-refractivity contribution is 5.95. The van der Waals surface area contributed by atoms with Crippen molar-refractivity contribution in [2.45, 2.75) is 72.4 Å². The molecule has 0 spiro atoms. The fourth-order valence-corrected chi connectivity index (χ4v) is 4.74.